The number of nitrogens with zero attached hydrogens (tertiary/aromatic N) is 5. The van der Waals surface area contributed by atoms with Crippen LogP contribution in [0.4, 0.5) is 5.13 Å². The third-order valence-electron chi connectivity index (χ3n) is 4.96. The number of amides is 1. The lowest BCUT2D eigenvalue weighted by molar-refractivity contribution is 0.0714. The van der Waals surface area contributed by atoms with Crippen LogP contribution < -0.4 is 5.73 Å². The standard InChI is InChI=1S/C19H22N6OS/c1-13-16(27-19(20)23-13)18(26)24-9-5-14(6-10-24)17-22-8-11-25(17)12-15-4-2-3-7-21-15/h2-4,7-8,11,14H,5-6,9-10,12H2,1H3,(H2,20,23). The van der Waals surface area contributed by atoms with Crippen molar-refractivity contribution in [3.8, 4) is 0 Å². The van der Waals surface area contributed by atoms with Gasteiger partial charge in [-0.1, -0.05) is 17.4 Å². The summed E-state index contributed by atoms with van der Waals surface area (Å²) in [6.45, 7) is 3.99. The van der Waals surface area contributed by atoms with Crippen LogP contribution in [0.25, 0.3) is 0 Å². The van der Waals surface area contributed by atoms with Gasteiger partial charge in [0, 0.05) is 37.6 Å². The molecule has 2 N–H and O–H groups in total. The van der Waals surface area contributed by atoms with E-state index in [2.05, 4.69) is 19.5 Å². The molecule has 27 heavy (non-hydrogen) atoms. The molecule has 3 aromatic heterocycles. The van der Waals surface area contributed by atoms with Gasteiger partial charge in [0.1, 0.15) is 10.7 Å². The molecule has 8 heteroatoms. The summed E-state index contributed by atoms with van der Waals surface area (Å²) in [6, 6.07) is 5.94. The fraction of sp³-hybridized carbons (Fsp3) is 0.368. The largest absolute Gasteiger partial charge is 0.375 e. The van der Waals surface area contributed by atoms with Crippen LogP contribution in [-0.4, -0.2) is 43.4 Å². The zero-order chi connectivity index (χ0) is 18.8. The Labute approximate surface area is 161 Å². The van der Waals surface area contributed by atoms with Crippen molar-refractivity contribution in [2.45, 2.75) is 32.2 Å². The molecular weight excluding hydrogens is 360 g/mol. The van der Waals surface area contributed by atoms with Gasteiger partial charge < -0.3 is 15.2 Å². The van der Waals surface area contributed by atoms with Gasteiger partial charge in [-0.25, -0.2) is 9.97 Å². The maximum absolute atomic E-state index is 12.7. The molecule has 0 radical (unpaired) electrons. The maximum atomic E-state index is 12.7. The van der Waals surface area contributed by atoms with Crippen LogP contribution in [0.3, 0.4) is 0 Å². The van der Waals surface area contributed by atoms with Crippen molar-refractivity contribution in [2.75, 3.05) is 18.8 Å². The second-order valence-electron chi connectivity index (χ2n) is 6.77. The second kappa shape index (κ2) is 7.48. The normalized spacial score (nSPS) is 15.2. The van der Waals surface area contributed by atoms with Crippen molar-refractivity contribution in [3.63, 3.8) is 0 Å². The summed E-state index contributed by atoms with van der Waals surface area (Å²) >= 11 is 1.27. The van der Waals surface area contributed by atoms with Crippen LogP contribution >= 0.6 is 11.3 Å². The number of likely N-dealkylation sites (tertiary alicyclic amines) is 1. The number of carbonyl (C=O) groups excluding carboxylic acids is 1. The molecule has 0 atom stereocenters. The number of carbonyl (C=O) groups is 1. The summed E-state index contributed by atoms with van der Waals surface area (Å²) in [5.41, 5.74) is 7.47. The molecule has 1 aliphatic heterocycles. The second-order valence-corrected chi connectivity index (χ2v) is 7.80. The first-order valence-electron chi connectivity index (χ1n) is 9.05. The molecule has 4 heterocycles. The van der Waals surface area contributed by atoms with Crippen LogP contribution in [0.2, 0.25) is 0 Å². The van der Waals surface area contributed by atoms with Gasteiger partial charge >= 0.3 is 0 Å². The number of aromatic nitrogens is 4. The Morgan fingerprint density at radius 3 is 2.74 bits per heavy atom. The van der Waals surface area contributed by atoms with E-state index in [1.807, 2.05) is 48.6 Å². The molecule has 140 valence electrons. The lowest BCUT2D eigenvalue weighted by Crippen LogP contribution is -2.38. The molecule has 3 aromatic rings. The van der Waals surface area contributed by atoms with Crippen LogP contribution in [0.15, 0.2) is 36.8 Å². The minimum absolute atomic E-state index is 0.0389. The number of imidazole rings is 1. The van der Waals surface area contributed by atoms with Crippen LogP contribution in [-0.2, 0) is 6.54 Å². The quantitative estimate of drug-likeness (QED) is 0.749. The number of aryl methyl sites for hydroxylation is 1. The molecule has 0 bridgehead atoms. The lowest BCUT2D eigenvalue weighted by atomic mass is 9.95. The van der Waals surface area contributed by atoms with E-state index < -0.39 is 0 Å². The molecule has 0 aromatic carbocycles. The molecule has 4 rings (SSSR count). The summed E-state index contributed by atoms with van der Waals surface area (Å²) < 4.78 is 2.17. The SMILES string of the molecule is Cc1nc(N)sc1C(=O)N1CCC(c2nccn2Cc2ccccn2)CC1. The van der Waals surface area contributed by atoms with Gasteiger partial charge in [-0.3, -0.25) is 9.78 Å². The van der Waals surface area contributed by atoms with E-state index in [1.54, 1.807) is 0 Å². The predicted molar refractivity (Wildman–Crippen MR) is 105 cm³/mol. The van der Waals surface area contributed by atoms with Gasteiger partial charge in [0.25, 0.3) is 5.91 Å². The number of nitrogen functional groups attached to an aromatic ring is 1. The number of rotatable bonds is 4. The van der Waals surface area contributed by atoms with Gasteiger partial charge in [0.15, 0.2) is 5.13 Å². The van der Waals surface area contributed by atoms with E-state index in [9.17, 15) is 4.79 Å². The number of hydrogen-bond donors (Lipinski definition) is 1. The Morgan fingerprint density at radius 1 is 1.26 bits per heavy atom. The topological polar surface area (TPSA) is 89.9 Å². The molecule has 0 unspecified atom stereocenters. The highest BCUT2D eigenvalue weighted by atomic mass is 32.1. The van der Waals surface area contributed by atoms with Crippen molar-refractivity contribution in [1.29, 1.82) is 0 Å². The number of piperidine rings is 1. The van der Waals surface area contributed by atoms with Gasteiger partial charge in [-0.2, -0.15) is 0 Å². The number of anilines is 1. The van der Waals surface area contributed by atoms with E-state index in [-0.39, 0.29) is 5.91 Å². The smallest absolute Gasteiger partial charge is 0.265 e. The van der Waals surface area contributed by atoms with Crippen molar-refractivity contribution in [3.05, 3.63) is 58.9 Å². The minimum atomic E-state index is 0.0389. The minimum Gasteiger partial charge on any atom is -0.375 e. The Kier molecular flexibility index (Phi) is 4.89. The maximum Gasteiger partial charge on any atom is 0.265 e. The molecule has 1 aliphatic rings. The Bertz CT molecular complexity index is 927. The Hall–Kier alpha value is -2.74. The van der Waals surface area contributed by atoms with E-state index in [4.69, 9.17) is 5.73 Å². The van der Waals surface area contributed by atoms with Crippen LogP contribution in [0, 0.1) is 6.92 Å². The molecule has 0 spiro atoms. The summed E-state index contributed by atoms with van der Waals surface area (Å²) in [7, 11) is 0. The fourth-order valence-corrected chi connectivity index (χ4v) is 4.38. The van der Waals surface area contributed by atoms with Gasteiger partial charge in [-0.15, -0.1) is 0 Å². The van der Waals surface area contributed by atoms with Crippen LogP contribution in [0.1, 0.15) is 45.6 Å². The third kappa shape index (κ3) is 3.71. The van der Waals surface area contributed by atoms with Crippen molar-refractivity contribution in [2.24, 2.45) is 0 Å². The summed E-state index contributed by atoms with van der Waals surface area (Å²) in [4.78, 5) is 28.5. The first-order valence-corrected chi connectivity index (χ1v) is 9.86. The fourth-order valence-electron chi connectivity index (χ4n) is 3.58. The van der Waals surface area contributed by atoms with Crippen LogP contribution in [0.5, 0.6) is 0 Å². The molecular formula is C19H22N6OS. The highest BCUT2D eigenvalue weighted by molar-refractivity contribution is 7.17. The molecule has 7 nitrogen and oxygen atoms in total. The zero-order valence-electron chi connectivity index (χ0n) is 15.2. The van der Waals surface area contributed by atoms with E-state index in [0.29, 0.717) is 22.5 Å². The highest BCUT2D eigenvalue weighted by Crippen LogP contribution is 2.29. The first-order chi connectivity index (χ1) is 13.1. The third-order valence-corrected chi connectivity index (χ3v) is 5.94. The van der Waals surface area contributed by atoms with Crippen molar-refractivity contribution >= 4 is 22.4 Å². The Morgan fingerprint density at radius 2 is 2.07 bits per heavy atom. The molecule has 0 aliphatic carbocycles. The number of nitrogens with two attached hydrogens (primary N) is 1. The van der Waals surface area contributed by atoms with E-state index >= 15 is 0 Å². The molecule has 1 saturated heterocycles. The summed E-state index contributed by atoms with van der Waals surface area (Å²) in [5, 5.41) is 0.447. The predicted octanol–water partition coefficient (Wildman–Crippen LogP) is 2.69. The van der Waals surface area contributed by atoms with Crippen molar-refractivity contribution in [1.82, 2.24) is 24.4 Å². The first kappa shape index (κ1) is 17.7. The van der Waals surface area contributed by atoms with Gasteiger partial charge in [-0.05, 0) is 31.9 Å². The molecule has 0 saturated carbocycles. The molecule has 1 fully saturated rings. The lowest BCUT2D eigenvalue weighted by Gasteiger charge is -2.31. The number of pyridine rings is 1. The van der Waals surface area contributed by atoms with Gasteiger partial charge in [0.2, 0.25) is 0 Å². The average molecular weight is 382 g/mol. The average Bonchev–Trinajstić information content (AvgIpc) is 3.28. The van der Waals surface area contributed by atoms with E-state index in [0.717, 1.165) is 43.1 Å². The highest BCUT2D eigenvalue weighted by Gasteiger charge is 2.28. The summed E-state index contributed by atoms with van der Waals surface area (Å²) in [5.74, 6) is 1.46. The zero-order valence-corrected chi connectivity index (χ0v) is 16.0. The Balaban J connectivity index is 1.42. The monoisotopic (exact) mass is 382 g/mol. The number of hydrogen-bond acceptors (Lipinski definition) is 6. The summed E-state index contributed by atoms with van der Waals surface area (Å²) in [6.07, 6.45) is 7.46. The van der Waals surface area contributed by atoms with Gasteiger partial charge in [0.05, 0.1) is 17.9 Å². The van der Waals surface area contributed by atoms with Crippen molar-refractivity contribution < 1.29 is 4.79 Å². The number of thiazole rings is 1. The van der Waals surface area contributed by atoms with E-state index in [1.165, 1.54) is 11.3 Å². The molecule has 1 amide bonds.